The number of hydrogen-bond acceptors (Lipinski definition) is 4. The summed E-state index contributed by atoms with van der Waals surface area (Å²) in [5.41, 5.74) is 3.47. The molecule has 4 rings (SSSR count). The zero-order chi connectivity index (χ0) is 22.6. The molecule has 2 amide bonds. The summed E-state index contributed by atoms with van der Waals surface area (Å²) in [7, 11) is -3.51. The number of carbonyl (C=O) groups excluding carboxylic acids is 2. The van der Waals surface area contributed by atoms with E-state index in [0.717, 1.165) is 16.8 Å². The van der Waals surface area contributed by atoms with Crippen molar-refractivity contribution < 1.29 is 18.0 Å². The first-order valence-corrected chi connectivity index (χ1v) is 12.1. The van der Waals surface area contributed by atoms with E-state index in [0.29, 0.717) is 25.1 Å². The Hall–Kier alpha value is -3.45. The van der Waals surface area contributed by atoms with Crippen molar-refractivity contribution in [3.63, 3.8) is 0 Å². The summed E-state index contributed by atoms with van der Waals surface area (Å²) in [6, 6.07) is 23.4. The number of rotatable bonds is 7. The fourth-order valence-corrected chi connectivity index (χ4v) is 5.03. The SMILES string of the molecule is O=C(CCS(=O)(=O)c1ccccc1)Nc1ccc2c(c1)CCC(=O)N2Cc1ccccc1. The van der Waals surface area contributed by atoms with Gasteiger partial charge in [0, 0.05) is 24.2 Å². The Morgan fingerprint density at radius 2 is 1.59 bits per heavy atom. The van der Waals surface area contributed by atoms with E-state index in [1.165, 1.54) is 12.1 Å². The van der Waals surface area contributed by atoms with Crippen LogP contribution in [0.1, 0.15) is 24.0 Å². The van der Waals surface area contributed by atoms with Crippen molar-refractivity contribution in [1.82, 2.24) is 0 Å². The van der Waals surface area contributed by atoms with Gasteiger partial charge >= 0.3 is 0 Å². The van der Waals surface area contributed by atoms with Crippen LogP contribution in [0.5, 0.6) is 0 Å². The molecule has 0 aromatic heterocycles. The summed E-state index contributed by atoms with van der Waals surface area (Å²) in [6.07, 6.45) is 0.880. The molecule has 0 saturated carbocycles. The highest BCUT2D eigenvalue weighted by atomic mass is 32.2. The highest BCUT2D eigenvalue weighted by molar-refractivity contribution is 7.91. The van der Waals surface area contributed by atoms with Crippen LogP contribution >= 0.6 is 0 Å². The molecule has 32 heavy (non-hydrogen) atoms. The van der Waals surface area contributed by atoms with E-state index in [2.05, 4.69) is 5.32 Å². The zero-order valence-electron chi connectivity index (χ0n) is 17.5. The number of sulfone groups is 1. The van der Waals surface area contributed by atoms with Gasteiger partial charge in [-0.25, -0.2) is 8.42 Å². The molecule has 0 fully saturated rings. The molecule has 3 aromatic rings. The minimum atomic E-state index is -3.51. The molecule has 0 radical (unpaired) electrons. The molecule has 0 atom stereocenters. The predicted molar refractivity (Wildman–Crippen MR) is 124 cm³/mol. The molecule has 164 valence electrons. The highest BCUT2D eigenvalue weighted by Gasteiger charge is 2.24. The summed E-state index contributed by atoms with van der Waals surface area (Å²) in [4.78, 5) is 26.9. The molecule has 0 unspecified atom stereocenters. The van der Waals surface area contributed by atoms with Gasteiger partial charge in [0.15, 0.2) is 9.84 Å². The van der Waals surface area contributed by atoms with E-state index in [4.69, 9.17) is 0 Å². The van der Waals surface area contributed by atoms with Gasteiger partial charge in [0.25, 0.3) is 0 Å². The normalized spacial score (nSPS) is 13.5. The van der Waals surface area contributed by atoms with E-state index in [-0.39, 0.29) is 28.9 Å². The molecule has 1 N–H and O–H groups in total. The minimum absolute atomic E-state index is 0.0734. The third kappa shape index (κ3) is 5.06. The molecule has 0 saturated heterocycles. The number of hydrogen-bond donors (Lipinski definition) is 1. The molecule has 1 aliphatic rings. The molecule has 3 aromatic carbocycles. The van der Waals surface area contributed by atoms with Crippen LogP contribution in [0.2, 0.25) is 0 Å². The van der Waals surface area contributed by atoms with Crippen molar-refractivity contribution in [1.29, 1.82) is 0 Å². The van der Waals surface area contributed by atoms with Gasteiger partial charge in [-0.3, -0.25) is 9.59 Å². The second-order valence-corrected chi connectivity index (χ2v) is 9.85. The van der Waals surface area contributed by atoms with Crippen molar-refractivity contribution in [2.45, 2.75) is 30.7 Å². The Bertz CT molecular complexity index is 1230. The summed E-state index contributed by atoms with van der Waals surface area (Å²) < 4.78 is 24.8. The zero-order valence-corrected chi connectivity index (χ0v) is 18.3. The van der Waals surface area contributed by atoms with Crippen molar-refractivity contribution in [2.24, 2.45) is 0 Å². The average Bonchev–Trinajstić information content (AvgIpc) is 2.81. The average molecular weight is 449 g/mol. The third-order valence-electron chi connectivity index (χ3n) is 5.45. The van der Waals surface area contributed by atoms with Crippen LogP contribution in [-0.4, -0.2) is 26.0 Å². The van der Waals surface area contributed by atoms with Crippen LogP contribution in [0, 0.1) is 0 Å². The monoisotopic (exact) mass is 448 g/mol. The Morgan fingerprint density at radius 1 is 0.906 bits per heavy atom. The summed E-state index contributed by atoms with van der Waals surface area (Å²) in [5, 5.41) is 2.79. The van der Waals surface area contributed by atoms with E-state index >= 15 is 0 Å². The van der Waals surface area contributed by atoms with Gasteiger partial charge in [-0.05, 0) is 47.9 Å². The van der Waals surface area contributed by atoms with Crippen LogP contribution in [0.15, 0.2) is 83.8 Å². The van der Waals surface area contributed by atoms with Crippen LogP contribution in [-0.2, 0) is 32.4 Å². The predicted octanol–water partition coefficient (Wildman–Crippen LogP) is 3.97. The number of fused-ring (bicyclic) bond motifs is 1. The maximum Gasteiger partial charge on any atom is 0.227 e. The second kappa shape index (κ2) is 9.36. The lowest BCUT2D eigenvalue weighted by Gasteiger charge is -2.30. The quantitative estimate of drug-likeness (QED) is 0.593. The van der Waals surface area contributed by atoms with Gasteiger partial charge in [-0.15, -0.1) is 0 Å². The van der Waals surface area contributed by atoms with Gasteiger partial charge in [-0.2, -0.15) is 0 Å². The summed E-state index contributed by atoms with van der Waals surface area (Å²) in [6.45, 7) is 0.496. The molecular weight excluding hydrogens is 424 g/mol. The number of amides is 2. The van der Waals surface area contributed by atoms with E-state index < -0.39 is 9.84 Å². The molecule has 0 aliphatic carbocycles. The molecular formula is C25H24N2O4S. The largest absolute Gasteiger partial charge is 0.326 e. The van der Waals surface area contributed by atoms with Gasteiger partial charge in [0.1, 0.15) is 0 Å². The second-order valence-electron chi connectivity index (χ2n) is 7.74. The van der Waals surface area contributed by atoms with Crippen molar-refractivity contribution in [2.75, 3.05) is 16.0 Å². The lowest BCUT2D eigenvalue weighted by Crippen LogP contribution is -2.34. The van der Waals surface area contributed by atoms with E-state index in [1.54, 1.807) is 29.2 Å². The van der Waals surface area contributed by atoms with Crippen LogP contribution in [0.25, 0.3) is 0 Å². The number of nitrogens with zero attached hydrogens (tertiary/aromatic N) is 1. The molecule has 7 heteroatoms. The fraction of sp³-hybridized carbons (Fsp3) is 0.200. The van der Waals surface area contributed by atoms with Gasteiger partial charge in [0.2, 0.25) is 11.8 Å². The molecule has 6 nitrogen and oxygen atoms in total. The van der Waals surface area contributed by atoms with E-state index in [1.807, 2.05) is 42.5 Å². The minimum Gasteiger partial charge on any atom is -0.326 e. The third-order valence-corrected chi connectivity index (χ3v) is 7.18. The first-order valence-electron chi connectivity index (χ1n) is 10.5. The van der Waals surface area contributed by atoms with Crippen molar-refractivity contribution in [3.8, 4) is 0 Å². The van der Waals surface area contributed by atoms with Gasteiger partial charge < -0.3 is 10.2 Å². The van der Waals surface area contributed by atoms with Crippen LogP contribution in [0.3, 0.4) is 0 Å². The van der Waals surface area contributed by atoms with Crippen LogP contribution < -0.4 is 10.2 Å². The van der Waals surface area contributed by atoms with Gasteiger partial charge in [-0.1, -0.05) is 48.5 Å². The number of nitrogens with one attached hydrogen (secondary N) is 1. The van der Waals surface area contributed by atoms with Crippen LogP contribution in [0.4, 0.5) is 11.4 Å². The maximum absolute atomic E-state index is 12.5. The van der Waals surface area contributed by atoms with Crippen molar-refractivity contribution in [3.05, 3.63) is 90.0 Å². The topological polar surface area (TPSA) is 83.5 Å². The number of aryl methyl sites for hydroxylation is 1. The summed E-state index contributed by atoms with van der Waals surface area (Å²) in [5.74, 6) is -0.547. The number of anilines is 2. The Morgan fingerprint density at radius 3 is 2.31 bits per heavy atom. The fourth-order valence-electron chi connectivity index (χ4n) is 3.77. The Labute approximate surface area is 187 Å². The van der Waals surface area contributed by atoms with Crippen molar-refractivity contribution >= 4 is 33.0 Å². The molecule has 1 aliphatic heterocycles. The van der Waals surface area contributed by atoms with E-state index in [9.17, 15) is 18.0 Å². The number of carbonyl (C=O) groups is 2. The highest BCUT2D eigenvalue weighted by Crippen LogP contribution is 2.31. The van der Waals surface area contributed by atoms with Gasteiger partial charge in [0.05, 0.1) is 17.2 Å². The first-order chi connectivity index (χ1) is 15.4. The number of benzene rings is 3. The standard InChI is InChI=1S/C25H24N2O4S/c28-24(15-16-32(30,31)22-9-5-2-6-10-22)26-21-12-13-23-20(17-21)11-14-25(29)27(23)18-19-7-3-1-4-8-19/h1-10,12-13,17H,11,14-16,18H2,(H,26,28). The maximum atomic E-state index is 12.5. The lowest BCUT2D eigenvalue weighted by molar-refractivity contribution is -0.119. The summed E-state index contributed by atoms with van der Waals surface area (Å²) >= 11 is 0. The first kappa shape index (κ1) is 21.8. The molecule has 1 heterocycles. The molecule has 0 spiro atoms. The molecule has 0 bridgehead atoms. The smallest absolute Gasteiger partial charge is 0.227 e. The lowest BCUT2D eigenvalue weighted by atomic mass is 9.99. The Balaban J connectivity index is 1.42. The Kier molecular flexibility index (Phi) is 6.37.